The molecule has 3 nitrogen and oxygen atoms in total. The lowest BCUT2D eigenvalue weighted by Gasteiger charge is -2.17. The van der Waals surface area contributed by atoms with E-state index in [2.05, 4.69) is 49.3 Å². The Morgan fingerprint density at radius 1 is 1.12 bits per heavy atom. The van der Waals surface area contributed by atoms with Crippen molar-refractivity contribution >= 4 is 44.9 Å². The number of benzene rings is 2. The number of thiazole rings is 1. The van der Waals surface area contributed by atoms with Gasteiger partial charge in [-0.15, -0.1) is 23.1 Å². The number of para-hydroxylation sites is 1. The van der Waals surface area contributed by atoms with Gasteiger partial charge in [0.05, 0.1) is 21.0 Å². The Hall–Kier alpha value is -1.85. The number of aromatic nitrogens is 1. The van der Waals surface area contributed by atoms with E-state index in [-0.39, 0.29) is 10.7 Å². The van der Waals surface area contributed by atoms with E-state index in [9.17, 15) is 4.79 Å². The predicted octanol–water partition coefficient (Wildman–Crippen LogP) is 5.36. The van der Waals surface area contributed by atoms with Crippen molar-refractivity contribution in [2.75, 3.05) is 11.1 Å². The summed E-state index contributed by atoms with van der Waals surface area (Å²) in [5, 5.41) is 4.06. The van der Waals surface area contributed by atoms with Crippen LogP contribution in [0.15, 0.2) is 48.5 Å². The number of amides is 1. The van der Waals surface area contributed by atoms with Crippen LogP contribution in [0.4, 0.5) is 5.69 Å². The quantitative estimate of drug-likeness (QED) is 0.657. The molecule has 0 atom stereocenters. The molecule has 1 N–H and O–H groups in total. The molecular weight excluding hydrogens is 348 g/mol. The standard InChI is InChI=1S/C20H22N2OS2/c1-20(2,3)24-13-18(23)21-15-10-8-14(9-11-15)12-19-22-16-6-4-5-7-17(16)25-19/h4-11H,12-13H2,1-3H3,(H,21,23). The molecule has 0 fully saturated rings. The lowest BCUT2D eigenvalue weighted by molar-refractivity contribution is -0.113. The summed E-state index contributed by atoms with van der Waals surface area (Å²) in [5.41, 5.74) is 3.09. The monoisotopic (exact) mass is 370 g/mol. The molecule has 0 aliphatic heterocycles. The van der Waals surface area contributed by atoms with Crippen molar-refractivity contribution in [3.05, 3.63) is 59.1 Å². The Kier molecular flexibility index (Phi) is 5.45. The smallest absolute Gasteiger partial charge is 0.234 e. The van der Waals surface area contributed by atoms with Crippen molar-refractivity contribution in [1.29, 1.82) is 0 Å². The molecular formula is C20H22N2OS2. The number of hydrogen-bond acceptors (Lipinski definition) is 4. The third-order valence-corrected chi connectivity index (χ3v) is 5.88. The van der Waals surface area contributed by atoms with E-state index in [0.29, 0.717) is 5.75 Å². The fourth-order valence-corrected chi connectivity index (χ4v) is 3.99. The van der Waals surface area contributed by atoms with Crippen molar-refractivity contribution in [1.82, 2.24) is 4.98 Å². The van der Waals surface area contributed by atoms with E-state index in [1.807, 2.05) is 30.3 Å². The van der Waals surface area contributed by atoms with Crippen molar-refractivity contribution in [3.63, 3.8) is 0 Å². The Morgan fingerprint density at radius 2 is 1.84 bits per heavy atom. The van der Waals surface area contributed by atoms with Gasteiger partial charge in [-0.3, -0.25) is 4.79 Å². The number of rotatable bonds is 5. The summed E-state index contributed by atoms with van der Waals surface area (Å²) in [4.78, 5) is 16.7. The Bertz CT molecular complexity index is 830. The zero-order chi connectivity index (χ0) is 17.9. The van der Waals surface area contributed by atoms with Gasteiger partial charge in [-0.05, 0) is 29.8 Å². The van der Waals surface area contributed by atoms with E-state index in [0.717, 1.165) is 22.6 Å². The number of carbonyl (C=O) groups is 1. The van der Waals surface area contributed by atoms with Crippen molar-refractivity contribution in [3.8, 4) is 0 Å². The summed E-state index contributed by atoms with van der Waals surface area (Å²) in [6.07, 6.45) is 0.813. The molecule has 5 heteroatoms. The van der Waals surface area contributed by atoms with Crippen LogP contribution < -0.4 is 5.32 Å². The zero-order valence-electron chi connectivity index (χ0n) is 14.7. The van der Waals surface area contributed by atoms with E-state index < -0.39 is 0 Å². The van der Waals surface area contributed by atoms with Gasteiger partial charge in [0, 0.05) is 16.9 Å². The molecule has 0 spiro atoms. The van der Waals surface area contributed by atoms with Crippen LogP contribution in [0, 0.1) is 0 Å². The molecule has 3 rings (SSSR count). The molecule has 0 unspecified atom stereocenters. The van der Waals surface area contributed by atoms with Crippen LogP contribution in [0.25, 0.3) is 10.2 Å². The summed E-state index contributed by atoms with van der Waals surface area (Å²) < 4.78 is 1.32. The van der Waals surface area contributed by atoms with Gasteiger partial charge < -0.3 is 5.32 Å². The summed E-state index contributed by atoms with van der Waals surface area (Å²) in [6.45, 7) is 6.34. The van der Waals surface area contributed by atoms with Gasteiger partial charge in [-0.1, -0.05) is 45.0 Å². The molecule has 1 amide bonds. The summed E-state index contributed by atoms with van der Waals surface area (Å²) in [5.74, 6) is 0.510. The number of nitrogens with one attached hydrogen (secondary N) is 1. The molecule has 0 aliphatic carbocycles. The molecule has 25 heavy (non-hydrogen) atoms. The highest BCUT2D eigenvalue weighted by Gasteiger charge is 2.13. The minimum atomic E-state index is 0.0406. The number of nitrogens with zero attached hydrogens (tertiary/aromatic N) is 1. The fourth-order valence-electron chi connectivity index (χ4n) is 2.36. The summed E-state index contributed by atoms with van der Waals surface area (Å²) in [6, 6.07) is 16.2. The SMILES string of the molecule is CC(C)(C)SCC(=O)Nc1ccc(Cc2nc3ccccc3s2)cc1. The maximum absolute atomic E-state index is 12.0. The summed E-state index contributed by atoms with van der Waals surface area (Å²) >= 11 is 3.38. The first kappa shape index (κ1) is 18.0. The number of thioether (sulfide) groups is 1. The first-order chi connectivity index (χ1) is 11.9. The van der Waals surface area contributed by atoms with Crippen LogP contribution in [0.2, 0.25) is 0 Å². The Balaban J connectivity index is 1.59. The van der Waals surface area contributed by atoms with E-state index in [1.54, 1.807) is 23.1 Å². The van der Waals surface area contributed by atoms with Gasteiger partial charge in [0.25, 0.3) is 0 Å². The van der Waals surface area contributed by atoms with Gasteiger partial charge in [0.2, 0.25) is 5.91 Å². The minimum Gasteiger partial charge on any atom is -0.325 e. The molecule has 130 valence electrons. The van der Waals surface area contributed by atoms with Crippen LogP contribution >= 0.6 is 23.1 Å². The topological polar surface area (TPSA) is 42.0 Å². The van der Waals surface area contributed by atoms with Gasteiger partial charge in [0.15, 0.2) is 0 Å². The zero-order valence-corrected chi connectivity index (χ0v) is 16.3. The molecule has 1 heterocycles. The van der Waals surface area contributed by atoms with Gasteiger partial charge in [-0.2, -0.15) is 0 Å². The largest absolute Gasteiger partial charge is 0.325 e. The van der Waals surface area contributed by atoms with Crippen LogP contribution in [0.3, 0.4) is 0 Å². The lowest BCUT2D eigenvalue weighted by Crippen LogP contribution is -2.18. The Labute approximate surface area is 156 Å². The second kappa shape index (κ2) is 7.58. The highest BCUT2D eigenvalue weighted by molar-refractivity contribution is 8.01. The molecule has 0 radical (unpaired) electrons. The highest BCUT2D eigenvalue weighted by atomic mass is 32.2. The normalized spacial score (nSPS) is 11.6. The molecule has 0 saturated heterocycles. The molecule has 0 bridgehead atoms. The van der Waals surface area contributed by atoms with Gasteiger partial charge >= 0.3 is 0 Å². The average Bonchev–Trinajstić information content (AvgIpc) is 2.96. The Morgan fingerprint density at radius 3 is 2.52 bits per heavy atom. The van der Waals surface area contributed by atoms with E-state index in [4.69, 9.17) is 0 Å². The number of carbonyl (C=O) groups excluding carboxylic acids is 1. The van der Waals surface area contributed by atoms with E-state index in [1.165, 1.54) is 10.3 Å². The van der Waals surface area contributed by atoms with Gasteiger partial charge in [0.1, 0.15) is 0 Å². The third kappa shape index (κ3) is 5.31. The van der Waals surface area contributed by atoms with Crippen LogP contribution in [0.1, 0.15) is 31.3 Å². The molecule has 0 saturated carbocycles. The maximum Gasteiger partial charge on any atom is 0.234 e. The minimum absolute atomic E-state index is 0.0406. The van der Waals surface area contributed by atoms with Crippen molar-refractivity contribution in [2.45, 2.75) is 31.9 Å². The molecule has 1 aromatic heterocycles. The molecule has 2 aromatic carbocycles. The first-order valence-electron chi connectivity index (χ1n) is 8.26. The van der Waals surface area contributed by atoms with Crippen LogP contribution in [-0.4, -0.2) is 21.4 Å². The molecule has 0 aliphatic rings. The maximum atomic E-state index is 12.0. The van der Waals surface area contributed by atoms with E-state index >= 15 is 0 Å². The number of fused-ring (bicyclic) bond motifs is 1. The van der Waals surface area contributed by atoms with Crippen LogP contribution in [0.5, 0.6) is 0 Å². The lowest BCUT2D eigenvalue weighted by atomic mass is 10.1. The first-order valence-corrected chi connectivity index (χ1v) is 10.1. The van der Waals surface area contributed by atoms with Crippen molar-refractivity contribution in [2.24, 2.45) is 0 Å². The van der Waals surface area contributed by atoms with Crippen molar-refractivity contribution < 1.29 is 4.79 Å². The second-order valence-electron chi connectivity index (χ2n) is 6.90. The number of anilines is 1. The fraction of sp³-hybridized carbons (Fsp3) is 0.300. The summed E-state index contributed by atoms with van der Waals surface area (Å²) in [7, 11) is 0. The molecule has 3 aromatic rings. The average molecular weight is 371 g/mol. The van der Waals surface area contributed by atoms with Crippen LogP contribution in [-0.2, 0) is 11.2 Å². The third-order valence-electron chi connectivity index (χ3n) is 3.57. The second-order valence-corrected chi connectivity index (χ2v) is 9.82. The number of hydrogen-bond donors (Lipinski definition) is 1. The predicted molar refractivity (Wildman–Crippen MR) is 110 cm³/mol. The highest BCUT2D eigenvalue weighted by Crippen LogP contribution is 2.25. The van der Waals surface area contributed by atoms with Gasteiger partial charge in [-0.25, -0.2) is 4.98 Å².